The van der Waals surface area contributed by atoms with Gasteiger partial charge in [0.05, 0.1) is 18.3 Å². The van der Waals surface area contributed by atoms with E-state index in [1.165, 1.54) is 23.2 Å². The maximum absolute atomic E-state index is 13.3. The Bertz CT molecular complexity index is 1120. The molecular formula is C21H18ClFN4O4. The molecule has 1 N–H and O–H groups in total. The van der Waals surface area contributed by atoms with E-state index in [1.54, 1.807) is 12.0 Å². The number of benzene rings is 2. The summed E-state index contributed by atoms with van der Waals surface area (Å²) in [5, 5.41) is 2.43. The number of ether oxygens (including phenoxy) is 1. The minimum Gasteiger partial charge on any atom is -0.497 e. The van der Waals surface area contributed by atoms with Crippen LogP contribution < -0.4 is 15.0 Å². The normalized spacial score (nSPS) is 13.6. The lowest BCUT2D eigenvalue weighted by Crippen LogP contribution is -2.31. The fraction of sp³-hybridized carbons (Fsp3) is 0.190. The lowest BCUT2D eigenvalue weighted by atomic mass is 10.2. The molecule has 2 heterocycles. The zero-order valence-corrected chi connectivity index (χ0v) is 17.2. The van der Waals surface area contributed by atoms with Gasteiger partial charge in [0.1, 0.15) is 11.6 Å². The SMILES string of the molecule is COc1ccc(CN2CCN(c3ncc(C(=O)Nc4ccc(F)c(Cl)c4)o3)C2=O)cc1. The highest BCUT2D eigenvalue weighted by Gasteiger charge is 2.33. The van der Waals surface area contributed by atoms with Gasteiger partial charge in [-0.2, -0.15) is 0 Å². The van der Waals surface area contributed by atoms with E-state index in [2.05, 4.69) is 10.3 Å². The minimum absolute atomic E-state index is 0.0320. The number of nitrogens with zero attached hydrogens (tertiary/aromatic N) is 3. The van der Waals surface area contributed by atoms with E-state index >= 15 is 0 Å². The van der Waals surface area contributed by atoms with Crippen LogP contribution in [0.3, 0.4) is 0 Å². The second-order valence-electron chi connectivity index (χ2n) is 6.79. The smallest absolute Gasteiger partial charge is 0.328 e. The maximum Gasteiger partial charge on any atom is 0.328 e. The molecule has 1 aliphatic rings. The minimum atomic E-state index is -0.594. The number of halogens is 2. The second kappa shape index (κ2) is 8.65. The fourth-order valence-corrected chi connectivity index (χ4v) is 3.30. The Balaban J connectivity index is 1.40. The van der Waals surface area contributed by atoms with E-state index in [1.807, 2.05) is 24.3 Å². The highest BCUT2D eigenvalue weighted by molar-refractivity contribution is 6.31. The Labute approximate surface area is 182 Å². The summed E-state index contributed by atoms with van der Waals surface area (Å²) in [7, 11) is 1.59. The molecule has 0 saturated carbocycles. The lowest BCUT2D eigenvalue weighted by Gasteiger charge is -2.16. The molecule has 2 aromatic carbocycles. The first-order chi connectivity index (χ1) is 14.9. The number of amides is 3. The molecule has 1 aliphatic heterocycles. The number of methoxy groups -OCH3 is 1. The lowest BCUT2D eigenvalue weighted by molar-refractivity contribution is 0.0997. The zero-order chi connectivity index (χ0) is 22.0. The zero-order valence-electron chi connectivity index (χ0n) is 16.5. The Morgan fingerprint density at radius 3 is 2.74 bits per heavy atom. The number of anilines is 2. The molecule has 1 aromatic heterocycles. The van der Waals surface area contributed by atoms with Crippen molar-refractivity contribution in [1.82, 2.24) is 9.88 Å². The summed E-state index contributed by atoms with van der Waals surface area (Å²) in [4.78, 5) is 32.2. The quantitative estimate of drug-likeness (QED) is 0.616. The Kier molecular flexibility index (Phi) is 5.77. The van der Waals surface area contributed by atoms with Gasteiger partial charge in [0.25, 0.3) is 5.91 Å². The van der Waals surface area contributed by atoms with Gasteiger partial charge in [-0.15, -0.1) is 0 Å². The Morgan fingerprint density at radius 2 is 2.03 bits per heavy atom. The molecule has 1 fully saturated rings. The predicted octanol–water partition coefficient (Wildman–Crippen LogP) is 4.17. The van der Waals surface area contributed by atoms with Crippen LogP contribution in [0.2, 0.25) is 5.02 Å². The van der Waals surface area contributed by atoms with Crippen LogP contribution in [-0.4, -0.2) is 42.0 Å². The van der Waals surface area contributed by atoms with Gasteiger partial charge < -0.3 is 19.4 Å². The Hall–Kier alpha value is -3.59. The highest BCUT2D eigenvalue weighted by Crippen LogP contribution is 2.24. The fourth-order valence-electron chi connectivity index (χ4n) is 3.12. The number of oxazole rings is 1. The first-order valence-corrected chi connectivity index (χ1v) is 9.74. The highest BCUT2D eigenvalue weighted by atomic mass is 35.5. The van der Waals surface area contributed by atoms with Crippen molar-refractivity contribution in [3.8, 4) is 5.75 Å². The standard InChI is InChI=1S/C21H18ClFN4O4/c1-30-15-5-2-13(3-6-15)12-26-8-9-27(21(26)29)20-24-11-18(31-20)19(28)25-14-4-7-17(23)16(22)10-14/h2-7,10-11H,8-9,12H2,1H3,(H,25,28). The van der Waals surface area contributed by atoms with Crippen LogP contribution in [0.5, 0.6) is 5.75 Å². The number of nitrogens with one attached hydrogen (secondary N) is 1. The summed E-state index contributed by atoms with van der Waals surface area (Å²) < 4.78 is 23.9. The third kappa shape index (κ3) is 4.46. The van der Waals surface area contributed by atoms with Crippen molar-refractivity contribution in [2.45, 2.75) is 6.54 Å². The number of aromatic nitrogens is 1. The number of urea groups is 1. The van der Waals surface area contributed by atoms with Gasteiger partial charge in [0.15, 0.2) is 0 Å². The van der Waals surface area contributed by atoms with Gasteiger partial charge in [-0.25, -0.2) is 19.1 Å². The van der Waals surface area contributed by atoms with Gasteiger partial charge in [-0.3, -0.25) is 4.79 Å². The molecule has 10 heteroatoms. The topological polar surface area (TPSA) is 87.9 Å². The summed E-state index contributed by atoms with van der Waals surface area (Å²) in [6.07, 6.45) is 1.23. The summed E-state index contributed by atoms with van der Waals surface area (Å²) >= 11 is 5.72. The van der Waals surface area contributed by atoms with Crippen LogP contribution in [0.25, 0.3) is 0 Å². The first kappa shape index (κ1) is 20.7. The second-order valence-corrected chi connectivity index (χ2v) is 7.20. The van der Waals surface area contributed by atoms with Gasteiger partial charge >= 0.3 is 12.0 Å². The summed E-state index contributed by atoms with van der Waals surface area (Å²) in [5.74, 6) is -0.528. The molecule has 0 aliphatic carbocycles. The van der Waals surface area contributed by atoms with Crippen LogP contribution in [0.1, 0.15) is 16.1 Å². The summed E-state index contributed by atoms with van der Waals surface area (Å²) in [6.45, 7) is 1.30. The van der Waals surface area contributed by atoms with Gasteiger partial charge in [-0.05, 0) is 35.9 Å². The molecule has 0 spiro atoms. The van der Waals surface area contributed by atoms with Gasteiger partial charge in [0.2, 0.25) is 5.76 Å². The van der Waals surface area contributed by atoms with E-state index in [-0.39, 0.29) is 22.8 Å². The maximum atomic E-state index is 13.3. The van der Waals surface area contributed by atoms with Crippen molar-refractivity contribution in [1.29, 1.82) is 0 Å². The number of hydrogen-bond donors (Lipinski definition) is 1. The van der Waals surface area contributed by atoms with E-state index in [4.69, 9.17) is 20.8 Å². The van der Waals surface area contributed by atoms with Crippen molar-refractivity contribution in [3.63, 3.8) is 0 Å². The van der Waals surface area contributed by atoms with Crippen LogP contribution in [-0.2, 0) is 6.54 Å². The van der Waals surface area contributed by atoms with E-state index < -0.39 is 11.7 Å². The summed E-state index contributed by atoms with van der Waals surface area (Å²) in [6, 6.07) is 11.0. The molecule has 4 rings (SSSR count). The van der Waals surface area contributed by atoms with Crippen LogP contribution >= 0.6 is 11.6 Å². The number of hydrogen-bond acceptors (Lipinski definition) is 5. The van der Waals surface area contributed by atoms with Crippen molar-refractivity contribution in [2.24, 2.45) is 0 Å². The molecule has 0 atom stereocenters. The van der Waals surface area contributed by atoms with Crippen LogP contribution in [0.4, 0.5) is 20.9 Å². The molecule has 160 valence electrons. The average Bonchev–Trinajstić information content (AvgIpc) is 3.39. The number of rotatable bonds is 6. The molecule has 3 amide bonds. The largest absolute Gasteiger partial charge is 0.497 e. The monoisotopic (exact) mass is 444 g/mol. The summed E-state index contributed by atoms with van der Waals surface area (Å²) in [5.41, 5.74) is 1.26. The molecule has 1 saturated heterocycles. The molecule has 8 nitrogen and oxygen atoms in total. The van der Waals surface area contributed by atoms with E-state index in [0.717, 1.165) is 17.4 Å². The van der Waals surface area contributed by atoms with Crippen molar-refractivity contribution >= 4 is 35.2 Å². The first-order valence-electron chi connectivity index (χ1n) is 9.36. The molecule has 0 bridgehead atoms. The predicted molar refractivity (Wildman–Crippen MR) is 112 cm³/mol. The molecule has 3 aromatic rings. The van der Waals surface area contributed by atoms with Gasteiger partial charge in [0, 0.05) is 25.3 Å². The van der Waals surface area contributed by atoms with Crippen LogP contribution in [0, 0.1) is 5.82 Å². The molecule has 0 radical (unpaired) electrons. The molecule has 0 unspecified atom stereocenters. The third-order valence-electron chi connectivity index (χ3n) is 4.75. The molecular weight excluding hydrogens is 427 g/mol. The average molecular weight is 445 g/mol. The van der Waals surface area contributed by atoms with Crippen LogP contribution in [0.15, 0.2) is 53.1 Å². The molecule has 31 heavy (non-hydrogen) atoms. The van der Waals surface area contributed by atoms with E-state index in [9.17, 15) is 14.0 Å². The Morgan fingerprint density at radius 1 is 1.26 bits per heavy atom. The van der Waals surface area contributed by atoms with Crippen molar-refractivity contribution in [3.05, 3.63) is 70.8 Å². The van der Waals surface area contributed by atoms with Gasteiger partial charge in [-0.1, -0.05) is 23.7 Å². The number of carbonyl (C=O) groups excluding carboxylic acids is 2. The van der Waals surface area contributed by atoms with Crippen molar-refractivity contribution in [2.75, 3.05) is 30.4 Å². The van der Waals surface area contributed by atoms with Crippen molar-refractivity contribution < 1.29 is 23.1 Å². The number of carbonyl (C=O) groups is 2. The van der Waals surface area contributed by atoms with E-state index in [0.29, 0.717) is 25.3 Å². The third-order valence-corrected chi connectivity index (χ3v) is 5.04.